The Hall–Kier alpha value is -1.62. The number of primary amides is 1. The molecule has 1 aromatic rings. The molecular weight excluding hydrogens is 170 g/mol. The summed E-state index contributed by atoms with van der Waals surface area (Å²) in [7, 11) is 0. The molecule has 0 aliphatic heterocycles. The molecule has 1 aromatic heterocycles. The first-order valence-corrected chi connectivity index (χ1v) is 3.71. The molecule has 0 aliphatic carbocycles. The van der Waals surface area contributed by atoms with E-state index in [0.717, 1.165) is 5.69 Å². The highest BCUT2D eigenvalue weighted by Crippen LogP contribution is 2.18. The highest BCUT2D eigenvalue weighted by Gasteiger charge is 2.14. The second kappa shape index (κ2) is 3.40. The molecule has 0 saturated carbocycles. The third-order valence-corrected chi connectivity index (χ3v) is 1.67. The van der Waals surface area contributed by atoms with Gasteiger partial charge in [0.2, 0.25) is 0 Å². The second-order valence-corrected chi connectivity index (χ2v) is 2.74. The van der Waals surface area contributed by atoms with Crippen LogP contribution >= 0.6 is 0 Å². The molecule has 1 rings (SSSR count). The van der Waals surface area contributed by atoms with Crippen molar-refractivity contribution < 1.29 is 9.63 Å². The van der Waals surface area contributed by atoms with Gasteiger partial charge in [-0.2, -0.15) is 5.90 Å². The van der Waals surface area contributed by atoms with Crippen LogP contribution in [0.25, 0.3) is 0 Å². The fraction of sp³-hybridized carbons (Fsp3) is 0.250. The van der Waals surface area contributed by atoms with E-state index in [1.54, 1.807) is 19.9 Å². The molecule has 4 N–H and O–H groups in total. The van der Waals surface area contributed by atoms with Gasteiger partial charge in [-0.1, -0.05) is 0 Å². The lowest BCUT2D eigenvalue weighted by Gasteiger charge is -2.07. The summed E-state index contributed by atoms with van der Waals surface area (Å²) in [6.07, 6.45) is 0. The summed E-state index contributed by atoms with van der Waals surface area (Å²) in [4.78, 5) is 19.3. The van der Waals surface area contributed by atoms with Gasteiger partial charge in [-0.15, -0.1) is 0 Å². The van der Waals surface area contributed by atoms with E-state index in [1.165, 1.54) is 0 Å². The molecule has 13 heavy (non-hydrogen) atoms. The summed E-state index contributed by atoms with van der Waals surface area (Å²) in [5.41, 5.74) is 6.79. The molecular formula is C8H11N3O2. The molecule has 0 fully saturated rings. The van der Waals surface area contributed by atoms with E-state index >= 15 is 0 Å². The summed E-state index contributed by atoms with van der Waals surface area (Å²) in [6.45, 7) is 3.53. The highest BCUT2D eigenvalue weighted by atomic mass is 16.6. The minimum absolute atomic E-state index is 0.0741. The first-order valence-electron chi connectivity index (χ1n) is 3.71. The number of pyridine rings is 1. The Labute approximate surface area is 75.7 Å². The molecule has 1 heterocycles. The maximum atomic E-state index is 11.0. The van der Waals surface area contributed by atoms with E-state index < -0.39 is 5.91 Å². The van der Waals surface area contributed by atoms with Crippen LogP contribution in [0.5, 0.6) is 5.88 Å². The zero-order valence-corrected chi connectivity index (χ0v) is 7.50. The van der Waals surface area contributed by atoms with Crippen molar-refractivity contribution >= 4 is 5.91 Å². The Morgan fingerprint density at radius 3 is 2.62 bits per heavy atom. The quantitative estimate of drug-likeness (QED) is 0.630. The van der Waals surface area contributed by atoms with Crippen molar-refractivity contribution in [1.82, 2.24) is 4.98 Å². The normalized spacial score (nSPS) is 9.77. The molecule has 5 nitrogen and oxygen atoms in total. The van der Waals surface area contributed by atoms with Crippen LogP contribution in [-0.4, -0.2) is 10.9 Å². The van der Waals surface area contributed by atoms with E-state index in [4.69, 9.17) is 11.6 Å². The monoisotopic (exact) mass is 181 g/mol. The van der Waals surface area contributed by atoms with Crippen molar-refractivity contribution in [3.05, 3.63) is 22.9 Å². The maximum Gasteiger partial charge on any atom is 0.254 e. The third-order valence-electron chi connectivity index (χ3n) is 1.67. The van der Waals surface area contributed by atoms with Crippen LogP contribution in [0.3, 0.4) is 0 Å². The number of amides is 1. The predicted octanol–water partition coefficient (Wildman–Crippen LogP) is 0.0498. The first-order chi connectivity index (χ1) is 6.06. The van der Waals surface area contributed by atoms with E-state index in [-0.39, 0.29) is 11.4 Å². The third kappa shape index (κ3) is 1.75. The van der Waals surface area contributed by atoms with Crippen LogP contribution in [0.15, 0.2) is 6.07 Å². The van der Waals surface area contributed by atoms with Gasteiger partial charge < -0.3 is 10.6 Å². The average Bonchev–Trinajstić information content (AvgIpc) is 2.01. The van der Waals surface area contributed by atoms with Crippen LogP contribution in [0, 0.1) is 13.8 Å². The molecule has 0 saturated heterocycles. The maximum absolute atomic E-state index is 11.0. The smallest absolute Gasteiger partial charge is 0.254 e. The number of carbonyl (C=O) groups excluding carboxylic acids is 1. The van der Waals surface area contributed by atoms with Gasteiger partial charge in [-0.25, -0.2) is 4.98 Å². The van der Waals surface area contributed by atoms with Crippen LogP contribution in [0.2, 0.25) is 0 Å². The Bertz CT molecular complexity index is 349. The van der Waals surface area contributed by atoms with Gasteiger partial charge in [0.1, 0.15) is 5.56 Å². The Morgan fingerprint density at radius 1 is 1.54 bits per heavy atom. The van der Waals surface area contributed by atoms with Crippen molar-refractivity contribution in [2.24, 2.45) is 11.6 Å². The van der Waals surface area contributed by atoms with Crippen molar-refractivity contribution in [1.29, 1.82) is 0 Å². The number of rotatable bonds is 2. The van der Waals surface area contributed by atoms with Gasteiger partial charge in [0, 0.05) is 5.69 Å². The fourth-order valence-corrected chi connectivity index (χ4v) is 1.19. The Morgan fingerprint density at radius 2 is 2.15 bits per heavy atom. The zero-order chi connectivity index (χ0) is 10.0. The van der Waals surface area contributed by atoms with E-state index in [0.29, 0.717) is 5.56 Å². The predicted molar refractivity (Wildman–Crippen MR) is 47.0 cm³/mol. The Balaban J connectivity index is 3.38. The molecule has 0 aromatic carbocycles. The van der Waals surface area contributed by atoms with Gasteiger partial charge in [0.05, 0.1) is 0 Å². The van der Waals surface area contributed by atoms with Crippen LogP contribution in [0.1, 0.15) is 21.6 Å². The topological polar surface area (TPSA) is 91.2 Å². The second-order valence-electron chi connectivity index (χ2n) is 2.74. The molecule has 0 aliphatic rings. The van der Waals surface area contributed by atoms with Gasteiger partial charge in [-0.05, 0) is 25.5 Å². The van der Waals surface area contributed by atoms with Gasteiger partial charge in [0.15, 0.2) is 0 Å². The van der Waals surface area contributed by atoms with E-state index in [9.17, 15) is 4.79 Å². The fourth-order valence-electron chi connectivity index (χ4n) is 1.19. The van der Waals surface area contributed by atoms with Crippen molar-refractivity contribution in [2.45, 2.75) is 13.8 Å². The number of carbonyl (C=O) groups is 1. The lowest BCUT2D eigenvalue weighted by Crippen LogP contribution is -2.18. The summed E-state index contributed by atoms with van der Waals surface area (Å²) < 4.78 is 0. The molecule has 0 unspecified atom stereocenters. The summed E-state index contributed by atoms with van der Waals surface area (Å²) in [5, 5.41) is 0. The van der Waals surface area contributed by atoms with Crippen LogP contribution in [0.4, 0.5) is 0 Å². The van der Waals surface area contributed by atoms with E-state index in [1.807, 2.05) is 0 Å². The Kier molecular flexibility index (Phi) is 2.48. The van der Waals surface area contributed by atoms with Crippen LogP contribution in [-0.2, 0) is 0 Å². The lowest BCUT2D eigenvalue weighted by molar-refractivity contribution is 0.0994. The SMILES string of the molecule is Cc1cc(C)c(C(N)=O)c(ON)n1. The van der Waals surface area contributed by atoms with Gasteiger partial charge in [-0.3, -0.25) is 4.79 Å². The van der Waals surface area contributed by atoms with Gasteiger partial charge >= 0.3 is 0 Å². The number of aromatic nitrogens is 1. The molecule has 5 heteroatoms. The van der Waals surface area contributed by atoms with Crippen molar-refractivity contribution in [3.8, 4) is 5.88 Å². The summed E-state index contributed by atoms with van der Waals surface area (Å²) >= 11 is 0. The number of aryl methyl sites for hydroxylation is 2. The molecule has 0 bridgehead atoms. The van der Waals surface area contributed by atoms with E-state index in [2.05, 4.69) is 9.82 Å². The number of hydrogen-bond donors (Lipinski definition) is 2. The average molecular weight is 181 g/mol. The number of nitrogens with zero attached hydrogens (tertiary/aromatic N) is 1. The lowest BCUT2D eigenvalue weighted by atomic mass is 10.1. The first kappa shape index (κ1) is 9.47. The standard InChI is InChI=1S/C8H11N3O2/c1-4-3-5(2)11-8(13-10)6(4)7(9)12/h3H,10H2,1-2H3,(H2,9,12). The largest absolute Gasteiger partial charge is 0.390 e. The minimum atomic E-state index is -0.592. The molecule has 0 spiro atoms. The number of hydrogen-bond acceptors (Lipinski definition) is 4. The summed E-state index contributed by atoms with van der Waals surface area (Å²) in [6, 6.07) is 1.74. The highest BCUT2D eigenvalue weighted by molar-refractivity contribution is 5.96. The van der Waals surface area contributed by atoms with Crippen LogP contribution < -0.4 is 16.5 Å². The van der Waals surface area contributed by atoms with Gasteiger partial charge in [0.25, 0.3) is 11.8 Å². The zero-order valence-electron chi connectivity index (χ0n) is 7.50. The van der Waals surface area contributed by atoms with Crippen molar-refractivity contribution in [2.75, 3.05) is 0 Å². The minimum Gasteiger partial charge on any atom is -0.390 e. The molecule has 70 valence electrons. The van der Waals surface area contributed by atoms with Crippen molar-refractivity contribution in [3.63, 3.8) is 0 Å². The molecule has 0 atom stereocenters. The molecule has 1 amide bonds. The summed E-state index contributed by atoms with van der Waals surface area (Å²) in [5.74, 6) is 4.44. The number of nitrogens with two attached hydrogens (primary N) is 2. The molecule has 0 radical (unpaired) electrons.